The Labute approximate surface area is 153 Å². The number of urea groups is 1. The highest BCUT2D eigenvalue weighted by molar-refractivity contribution is 6.07. The summed E-state index contributed by atoms with van der Waals surface area (Å²) >= 11 is 0. The lowest BCUT2D eigenvalue weighted by Crippen LogP contribution is -2.44. The van der Waals surface area contributed by atoms with Gasteiger partial charge in [0.15, 0.2) is 0 Å². The molecule has 5 heteroatoms. The van der Waals surface area contributed by atoms with Crippen molar-refractivity contribution in [3.05, 3.63) is 65.7 Å². The first-order valence-corrected chi connectivity index (χ1v) is 9.11. The van der Waals surface area contributed by atoms with Crippen molar-refractivity contribution in [2.45, 2.75) is 31.2 Å². The van der Waals surface area contributed by atoms with Crippen molar-refractivity contribution in [2.24, 2.45) is 0 Å². The van der Waals surface area contributed by atoms with E-state index in [9.17, 15) is 9.59 Å². The highest BCUT2D eigenvalue weighted by Crippen LogP contribution is 2.38. The molecule has 1 aliphatic heterocycles. The lowest BCUT2D eigenvalue weighted by molar-refractivity contribution is -0.132. The van der Waals surface area contributed by atoms with Crippen LogP contribution in [-0.4, -0.2) is 30.0 Å². The standard InChI is InChI=1S/C21H22N2O3/c24-19-21(13-7-6-9-16-8-4-5-12-18(16)21)22-20(25)23(19)14-15-26-17-10-2-1-3-11-17/h1-5,8,10-12H,6-7,9,13-15H2,(H,22,25). The van der Waals surface area contributed by atoms with Gasteiger partial charge in [0.2, 0.25) is 0 Å². The summed E-state index contributed by atoms with van der Waals surface area (Å²) < 4.78 is 5.66. The number of hydrogen-bond donors (Lipinski definition) is 1. The predicted octanol–water partition coefficient (Wildman–Crippen LogP) is 3.24. The molecular formula is C21H22N2O3. The Morgan fingerprint density at radius 2 is 1.77 bits per heavy atom. The fourth-order valence-electron chi connectivity index (χ4n) is 3.95. The van der Waals surface area contributed by atoms with Crippen LogP contribution in [0.25, 0.3) is 0 Å². The van der Waals surface area contributed by atoms with Crippen molar-refractivity contribution in [3.63, 3.8) is 0 Å². The van der Waals surface area contributed by atoms with E-state index >= 15 is 0 Å². The van der Waals surface area contributed by atoms with Gasteiger partial charge < -0.3 is 10.1 Å². The summed E-state index contributed by atoms with van der Waals surface area (Å²) in [5.74, 6) is 0.572. The molecule has 1 spiro atoms. The number of rotatable bonds is 4. The van der Waals surface area contributed by atoms with Crippen LogP contribution in [-0.2, 0) is 16.8 Å². The van der Waals surface area contributed by atoms with Gasteiger partial charge in [-0.1, -0.05) is 42.5 Å². The van der Waals surface area contributed by atoms with Gasteiger partial charge in [-0.3, -0.25) is 9.69 Å². The quantitative estimate of drug-likeness (QED) is 0.861. The normalized spacial score (nSPS) is 22.1. The Hall–Kier alpha value is -2.82. The van der Waals surface area contributed by atoms with Gasteiger partial charge in [-0.15, -0.1) is 0 Å². The highest BCUT2D eigenvalue weighted by atomic mass is 16.5. The van der Waals surface area contributed by atoms with E-state index in [0.717, 1.165) is 36.1 Å². The van der Waals surface area contributed by atoms with Crippen LogP contribution in [0.2, 0.25) is 0 Å². The minimum atomic E-state index is -0.920. The Kier molecular flexibility index (Phi) is 4.37. The maximum atomic E-state index is 13.2. The molecule has 5 nitrogen and oxygen atoms in total. The van der Waals surface area contributed by atoms with E-state index in [1.165, 1.54) is 4.90 Å². The molecule has 2 aromatic rings. The third kappa shape index (κ3) is 2.83. The number of carbonyl (C=O) groups is 2. The van der Waals surface area contributed by atoms with Gasteiger partial charge in [0.05, 0.1) is 6.54 Å². The lowest BCUT2D eigenvalue weighted by atomic mass is 9.84. The van der Waals surface area contributed by atoms with Gasteiger partial charge in [0.1, 0.15) is 17.9 Å². The van der Waals surface area contributed by atoms with Gasteiger partial charge >= 0.3 is 6.03 Å². The van der Waals surface area contributed by atoms with Crippen LogP contribution in [0.1, 0.15) is 30.4 Å². The number of nitrogens with zero attached hydrogens (tertiary/aromatic N) is 1. The Bertz CT molecular complexity index is 821. The molecule has 1 fully saturated rings. The molecule has 4 rings (SSSR count). The summed E-state index contributed by atoms with van der Waals surface area (Å²) in [5, 5.41) is 3.00. The first-order chi connectivity index (χ1) is 12.7. The molecule has 26 heavy (non-hydrogen) atoms. The summed E-state index contributed by atoms with van der Waals surface area (Å²) in [7, 11) is 0. The van der Waals surface area contributed by atoms with Crippen LogP contribution in [0.5, 0.6) is 5.75 Å². The van der Waals surface area contributed by atoms with E-state index in [0.29, 0.717) is 6.42 Å². The molecule has 1 N–H and O–H groups in total. The number of aryl methyl sites for hydroxylation is 1. The van der Waals surface area contributed by atoms with Crippen molar-refractivity contribution >= 4 is 11.9 Å². The van der Waals surface area contributed by atoms with E-state index < -0.39 is 5.54 Å². The van der Waals surface area contributed by atoms with E-state index in [-0.39, 0.29) is 25.1 Å². The molecule has 3 amide bonds. The van der Waals surface area contributed by atoms with Gasteiger partial charge in [0, 0.05) is 0 Å². The number of amides is 3. The van der Waals surface area contributed by atoms with Gasteiger partial charge in [-0.2, -0.15) is 0 Å². The largest absolute Gasteiger partial charge is 0.492 e. The smallest absolute Gasteiger partial charge is 0.325 e. The zero-order chi connectivity index (χ0) is 18.0. The number of hydrogen-bond acceptors (Lipinski definition) is 3. The number of nitrogens with one attached hydrogen (secondary N) is 1. The SMILES string of the molecule is O=C1NC2(CCCCc3ccccc32)C(=O)N1CCOc1ccccc1. The minimum Gasteiger partial charge on any atom is -0.492 e. The molecule has 0 bridgehead atoms. The summed E-state index contributed by atoms with van der Waals surface area (Å²) in [5.41, 5.74) is 1.18. The molecule has 0 saturated carbocycles. The maximum Gasteiger partial charge on any atom is 0.325 e. The number of carbonyl (C=O) groups excluding carboxylic acids is 2. The molecule has 1 heterocycles. The van der Waals surface area contributed by atoms with Crippen LogP contribution >= 0.6 is 0 Å². The highest BCUT2D eigenvalue weighted by Gasteiger charge is 2.53. The third-order valence-electron chi connectivity index (χ3n) is 5.23. The van der Waals surface area contributed by atoms with Crippen molar-refractivity contribution < 1.29 is 14.3 Å². The molecule has 2 aromatic carbocycles. The molecular weight excluding hydrogens is 328 g/mol. The first kappa shape index (κ1) is 16.6. The zero-order valence-electron chi connectivity index (χ0n) is 14.6. The summed E-state index contributed by atoms with van der Waals surface area (Å²) in [6.45, 7) is 0.518. The number of ether oxygens (including phenoxy) is 1. The number of fused-ring (bicyclic) bond motifs is 2. The molecule has 0 aromatic heterocycles. The molecule has 0 radical (unpaired) electrons. The molecule has 1 atom stereocenters. The Balaban J connectivity index is 1.53. The average Bonchev–Trinajstić information content (AvgIpc) is 2.81. The van der Waals surface area contributed by atoms with Crippen LogP contribution in [0.3, 0.4) is 0 Å². The second kappa shape index (κ2) is 6.83. The Morgan fingerprint density at radius 3 is 2.62 bits per heavy atom. The molecule has 134 valence electrons. The third-order valence-corrected chi connectivity index (χ3v) is 5.23. The second-order valence-electron chi connectivity index (χ2n) is 6.82. The topological polar surface area (TPSA) is 58.6 Å². The van der Waals surface area contributed by atoms with Gasteiger partial charge in [0.25, 0.3) is 5.91 Å². The van der Waals surface area contributed by atoms with Gasteiger partial charge in [-0.05, 0) is 48.9 Å². The van der Waals surface area contributed by atoms with Crippen LogP contribution in [0.4, 0.5) is 4.79 Å². The number of benzene rings is 2. The van der Waals surface area contributed by atoms with E-state index in [1.54, 1.807) is 0 Å². The summed E-state index contributed by atoms with van der Waals surface area (Å²) in [4.78, 5) is 27.1. The second-order valence-corrected chi connectivity index (χ2v) is 6.82. The predicted molar refractivity (Wildman–Crippen MR) is 97.9 cm³/mol. The zero-order valence-corrected chi connectivity index (χ0v) is 14.6. The molecule has 2 aliphatic rings. The van der Waals surface area contributed by atoms with E-state index in [4.69, 9.17) is 4.74 Å². The number of para-hydroxylation sites is 1. The number of imide groups is 1. The van der Waals surface area contributed by atoms with E-state index in [1.807, 2.05) is 48.5 Å². The van der Waals surface area contributed by atoms with Crippen molar-refractivity contribution in [1.29, 1.82) is 0 Å². The van der Waals surface area contributed by atoms with E-state index in [2.05, 4.69) is 11.4 Å². The lowest BCUT2D eigenvalue weighted by Gasteiger charge is -2.27. The van der Waals surface area contributed by atoms with Crippen molar-refractivity contribution in [1.82, 2.24) is 10.2 Å². The van der Waals surface area contributed by atoms with Gasteiger partial charge in [-0.25, -0.2) is 4.79 Å². The Morgan fingerprint density at radius 1 is 1.00 bits per heavy atom. The maximum absolute atomic E-state index is 13.2. The van der Waals surface area contributed by atoms with Crippen LogP contribution < -0.4 is 10.1 Å². The average molecular weight is 350 g/mol. The monoisotopic (exact) mass is 350 g/mol. The van der Waals surface area contributed by atoms with Crippen LogP contribution in [0.15, 0.2) is 54.6 Å². The molecule has 1 saturated heterocycles. The summed E-state index contributed by atoms with van der Waals surface area (Å²) in [6.07, 6.45) is 3.52. The van der Waals surface area contributed by atoms with Crippen molar-refractivity contribution in [3.8, 4) is 5.75 Å². The first-order valence-electron chi connectivity index (χ1n) is 9.11. The van der Waals surface area contributed by atoms with Crippen LogP contribution in [0, 0.1) is 0 Å². The fraction of sp³-hybridized carbons (Fsp3) is 0.333. The minimum absolute atomic E-state index is 0.159. The fourth-order valence-corrected chi connectivity index (χ4v) is 3.95. The van der Waals surface area contributed by atoms with Crippen molar-refractivity contribution in [2.75, 3.05) is 13.2 Å². The summed E-state index contributed by atoms with van der Waals surface area (Å²) in [6, 6.07) is 17.0. The molecule has 1 unspecified atom stereocenters. The molecule has 1 aliphatic carbocycles.